The van der Waals surface area contributed by atoms with E-state index in [-0.39, 0.29) is 11.3 Å². The van der Waals surface area contributed by atoms with Gasteiger partial charge in [0, 0.05) is 13.1 Å². The molecular formula is C15H21NO4S. The Labute approximate surface area is 125 Å². The third-order valence-electron chi connectivity index (χ3n) is 4.05. The van der Waals surface area contributed by atoms with E-state index in [4.69, 9.17) is 5.11 Å². The van der Waals surface area contributed by atoms with Crippen molar-refractivity contribution in [2.75, 3.05) is 13.1 Å². The minimum atomic E-state index is -3.46. The van der Waals surface area contributed by atoms with E-state index < -0.39 is 16.0 Å². The van der Waals surface area contributed by atoms with Crippen molar-refractivity contribution in [3.05, 3.63) is 29.8 Å². The maximum atomic E-state index is 12.5. The van der Waals surface area contributed by atoms with E-state index in [0.29, 0.717) is 30.5 Å². The van der Waals surface area contributed by atoms with Crippen molar-refractivity contribution in [3.63, 3.8) is 0 Å². The van der Waals surface area contributed by atoms with Gasteiger partial charge in [-0.05, 0) is 36.0 Å². The smallest absolute Gasteiger partial charge is 0.307 e. The van der Waals surface area contributed by atoms with Crippen LogP contribution in [0.1, 0.15) is 25.8 Å². The number of nitrogens with zero attached hydrogens (tertiary/aromatic N) is 1. The van der Waals surface area contributed by atoms with Crippen LogP contribution in [0.2, 0.25) is 0 Å². The third kappa shape index (κ3) is 3.63. The number of carboxylic acids is 1. The molecule has 0 bridgehead atoms. The van der Waals surface area contributed by atoms with E-state index in [1.807, 2.05) is 0 Å². The molecule has 21 heavy (non-hydrogen) atoms. The zero-order valence-corrected chi connectivity index (χ0v) is 13.1. The van der Waals surface area contributed by atoms with Gasteiger partial charge in [-0.2, -0.15) is 4.31 Å². The van der Waals surface area contributed by atoms with Crippen LogP contribution in [0.15, 0.2) is 29.2 Å². The molecule has 0 spiro atoms. The van der Waals surface area contributed by atoms with Crippen molar-refractivity contribution >= 4 is 16.0 Å². The molecule has 1 atom stereocenters. The van der Waals surface area contributed by atoms with E-state index in [1.54, 1.807) is 12.1 Å². The molecule has 1 saturated heterocycles. The quantitative estimate of drug-likeness (QED) is 0.902. The minimum absolute atomic E-state index is 0.0978. The van der Waals surface area contributed by atoms with Crippen LogP contribution in [0.4, 0.5) is 0 Å². The average Bonchev–Trinajstić information content (AvgIpc) is 2.89. The largest absolute Gasteiger partial charge is 0.481 e. The van der Waals surface area contributed by atoms with Crippen molar-refractivity contribution in [2.24, 2.45) is 11.8 Å². The first-order valence-corrected chi connectivity index (χ1v) is 8.55. The van der Waals surface area contributed by atoms with Crippen LogP contribution in [-0.2, 0) is 21.2 Å². The van der Waals surface area contributed by atoms with E-state index in [0.717, 1.165) is 6.42 Å². The molecule has 1 heterocycles. The lowest BCUT2D eigenvalue weighted by Crippen LogP contribution is -2.29. The maximum Gasteiger partial charge on any atom is 0.307 e. The number of hydrogen-bond donors (Lipinski definition) is 1. The van der Waals surface area contributed by atoms with Gasteiger partial charge in [-0.3, -0.25) is 4.79 Å². The number of hydrogen-bond acceptors (Lipinski definition) is 3. The first-order valence-electron chi connectivity index (χ1n) is 7.11. The van der Waals surface area contributed by atoms with Crippen molar-refractivity contribution < 1.29 is 18.3 Å². The van der Waals surface area contributed by atoms with E-state index in [2.05, 4.69) is 13.8 Å². The summed E-state index contributed by atoms with van der Waals surface area (Å²) in [5.41, 5.74) is 0.600. The van der Waals surface area contributed by atoms with Gasteiger partial charge in [0.2, 0.25) is 10.0 Å². The molecule has 1 aliphatic rings. The lowest BCUT2D eigenvalue weighted by molar-refractivity contribution is -0.136. The number of carboxylic acid groups (broad SMARTS) is 1. The van der Waals surface area contributed by atoms with Crippen LogP contribution in [0, 0.1) is 11.8 Å². The second kappa shape index (κ2) is 6.15. The Morgan fingerprint density at radius 3 is 2.43 bits per heavy atom. The Kier molecular flexibility index (Phi) is 4.68. The highest BCUT2D eigenvalue weighted by Gasteiger charge is 2.33. The fraction of sp³-hybridized carbons (Fsp3) is 0.533. The molecule has 6 heteroatoms. The highest BCUT2D eigenvalue weighted by Crippen LogP contribution is 2.28. The maximum absolute atomic E-state index is 12.5. The van der Waals surface area contributed by atoms with Gasteiger partial charge in [0.1, 0.15) is 0 Å². The second-order valence-corrected chi connectivity index (χ2v) is 7.81. The predicted molar refractivity (Wildman–Crippen MR) is 79.5 cm³/mol. The summed E-state index contributed by atoms with van der Waals surface area (Å²) in [6.45, 7) is 5.35. The second-order valence-electron chi connectivity index (χ2n) is 5.87. The molecule has 0 aromatic heterocycles. The summed E-state index contributed by atoms with van der Waals surface area (Å²) in [5, 5.41) is 8.72. The molecule has 1 fully saturated rings. The number of aliphatic carboxylic acids is 1. The molecule has 0 aliphatic carbocycles. The fourth-order valence-electron chi connectivity index (χ4n) is 2.62. The van der Waals surface area contributed by atoms with Crippen molar-refractivity contribution in [3.8, 4) is 0 Å². The zero-order chi connectivity index (χ0) is 15.6. The van der Waals surface area contributed by atoms with Gasteiger partial charge in [-0.15, -0.1) is 0 Å². The fourth-order valence-corrected chi connectivity index (χ4v) is 4.13. The standard InChI is InChI=1S/C15H21NO4S/c1-11(2)13-7-8-16(10-13)21(19,20)14-5-3-12(4-6-14)9-15(17)18/h3-6,11,13H,7-10H2,1-2H3,(H,17,18). The Balaban J connectivity index is 2.15. The van der Waals surface area contributed by atoms with Gasteiger partial charge >= 0.3 is 5.97 Å². The molecule has 0 radical (unpaired) electrons. The molecule has 0 amide bonds. The highest BCUT2D eigenvalue weighted by atomic mass is 32.2. The van der Waals surface area contributed by atoms with Crippen molar-refractivity contribution in [1.29, 1.82) is 0 Å². The number of benzene rings is 1. The van der Waals surface area contributed by atoms with E-state index >= 15 is 0 Å². The lowest BCUT2D eigenvalue weighted by atomic mass is 9.96. The Morgan fingerprint density at radius 1 is 1.33 bits per heavy atom. The average molecular weight is 311 g/mol. The molecule has 1 aliphatic heterocycles. The van der Waals surface area contributed by atoms with Crippen LogP contribution in [0.3, 0.4) is 0 Å². The van der Waals surface area contributed by atoms with Crippen LogP contribution in [-0.4, -0.2) is 36.9 Å². The Morgan fingerprint density at radius 2 is 1.95 bits per heavy atom. The Hall–Kier alpha value is -1.40. The van der Waals surface area contributed by atoms with E-state index in [1.165, 1.54) is 16.4 Å². The lowest BCUT2D eigenvalue weighted by Gasteiger charge is -2.18. The molecule has 2 rings (SSSR count). The van der Waals surface area contributed by atoms with Crippen molar-refractivity contribution in [1.82, 2.24) is 4.31 Å². The van der Waals surface area contributed by atoms with Crippen molar-refractivity contribution in [2.45, 2.75) is 31.6 Å². The number of sulfonamides is 1. The summed E-state index contributed by atoms with van der Waals surface area (Å²) >= 11 is 0. The van der Waals surface area contributed by atoms with Crippen LogP contribution < -0.4 is 0 Å². The molecule has 0 saturated carbocycles. The normalized spacial score (nSPS) is 20.0. The van der Waals surface area contributed by atoms with Gasteiger partial charge in [-0.1, -0.05) is 26.0 Å². The molecule has 116 valence electrons. The summed E-state index contributed by atoms with van der Waals surface area (Å²) in [4.78, 5) is 10.9. The SMILES string of the molecule is CC(C)C1CCN(S(=O)(=O)c2ccc(CC(=O)O)cc2)C1. The summed E-state index contributed by atoms with van der Waals surface area (Å²) in [6.07, 6.45) is 0.799. The molecule has 1 unspecified atom stereocenters. The van der Waals surface area contributed by atoms with Gasteiger partial charge in [0.15, 0.2) is 0 Å². The summed E-state index contributed by atoms with van der Waals surface area (Å²) in [5.74, 6) is -0.0425. The molecular weight excluding hydrogens is 290 g/mol. The first-order chi connectivity index (χ1) is 9.80. The highest BCUT2D eigenvalue weighted by molar-refractivity contribution is 7.89. The van der Waals surface area contributed by atoms with Crippen LogP contribution >= 0.6 is 0 Å². The molecule has 1 aromatic rings. The topological polar surface area (TPSA) is 74.7 Å². The van der Waals surface area contributed by atoms with Gasteiger partial charge in [0.05, 0.1) is 11.3 Å². The monoisotopic (exact) mass is 311 g/mol. The summed E-state index contributed by atoms with van der Waals surface area (Å²) in [7, 11) is -3.46. The van der Waals surface area contributed by atoms with Crippen LogP contribution in [0.5, 0.6) is 0 Å². The number of carbonyl (C=O) groups is 1. The predicted octanol–water partition coefficient (Wildman–Crippen LogP) is 1.98. The third-order valence-corrected chi connectivity index (χ3v) is 5.93. The van der Waals surface area contributed by atoms with Crippen LogP contribution in [0.25, 0.3) is 0 Å². The Bertz CT molecular complexity index is 607. The minimum Gasteiger partial charge on any atom is -0.481 e. The van der Waals surface area contributed by atoms with Gasteiger partial charge in [0.25, 0.3) is 0 Å². The summed E-state index contributed by atoms with van der Waals surface area (Å²) in [6, 6.07) is 6.13. The molecule has 1 N–H and O–H groups in total. The zero-order valence-electron chi connectivity index (χ0n) is 12.3. The van der Waals surface area contributed by atoms with Gasteiger partial charge in [-0.25, -0.2) is 8.42 Å². The van der Waals surface area contributed by atoms with E-state index in [9.17, 15) is 13.2 Å². The first kappa shape index (κ1) is 16.0. The molecule has 5 nitrogen and oxygen atoms in total. The van der Waals surface area contributed by atoms with Gasteiger partial charge < -0.3 is 5.11 Å². The molecule has 1 aromatic carbocycles. The summed E-state index contributed by atoms with van der Waals surface area (Å²) < 4.78 is 26.6. The number of rotatable bonds is 5.